The number of benzene rings is 1. The van der Waals surface area contributed by atoms with Gasteiger partial charge in [-0.25, -0.2) is 0 Å². The third-order valence-electron chi connectivity index (χ3n) is 2.57. The first kappa shape index (κ1) is 8.97. The van der Waals surface area contributed by atoms with E-state index in [1.807, 2.05) is 37.4 Å². The molecule has 14 heavy (non-hydrogen) atoms. The normalized spacial score (nSPS) is 24.4. The van der Waals surface area contributed by atoms with Gasteiger partial charge in [-0.2, -0.15) is 0 Å². The molecule has 2 atom stereocenters. The Balaban J connectivity index is 2.44. The Morgan fingerprint density at radius 1 is 1.43 bits per heavy atom. The van der Waals surface area contributed by atoms with Crippen molar-refractivity contribution in [3.05, 3.63) is 35.9 Å². The molecule has 0 bridgehead atoms. The van der Waals surface area contributed by atoms with E-state index in [1.54, 1.807) is 6.08 Å². The van der Waals surface area contributed by atoms with Crippen molar-refractivity contribution in [2.45, 2.75) is 6.04 Å². The van der Waals surface area contributed by atoms with Crippen molar-refractivity contribution in [1.82, 2.24) is 0 Å². The minimum atomic E-state index is -1.03. The SMILES string of the molecule is C[NH+]1c2ccccc2C=CC1C(=O)[O-]. The molecule has 0 saturated carbocycles. The number of fused-ring (bicyclic) bond motifs is 1. The number of carbonyl (C=O) groups excluding carboxylic acids is 1. The van der Waals surface area contributed by atoms with Crippen LogP contribution in [0, 0.1) is 0 Å². The summed E-state index contributed by atoms with van der Waals surface area (Å²) in [7, 11) is 1.84. The van der Waals surface area contributed by atoms with Gasteiger partial charge in [0.2, 0.25) is 0 Å². The zero-order chi connectivity index (χ0) is 10.1. The zero-order valence-electron chi connectivity index (χ0n) is 7.86. The maximum Gasteiger partial charge on any atom is 0.151 e. The summed E-state index contributed by atoms with van der Waals surface area (Å²) in [6.07, 6.45) is 3.51. The van der Waals surface area contributed by atoms with Crippen molar-refractivity contribution in [3.63, 3.8) is 0 Å². The fraction of sp³-hybridized carbons (Fsp3) is 0.182. The minimum Gasteiger partial charge on any atom is -0.544 e. The van der Waals surface area contributed by atoms with Gasteiger partial charge in [-0.05, 0) is 24.3 Å². The lowest BCUT2D eigenvalue weighted by Crippen LogP contribution is -3.10. The molecule has 1 aliphatic heterocycles. The lowest BCUT2D eigenvalue weighted by molar-refractivity contribution is -0.825. The summed E-state index contributed by atoms with van der Waals surface area (Å²) in [4.78, 5) is 11.6. The highest BCUT2D eigenvalue weighted by atomic mass is 16.4. The molecule has 2 rings (SSSR count). The number of rotatable bonds is 1. The first-order chi connectivity index (χ1) is 6.70. The summed E-state index contributed by atoms with van der Waals surface area (Å²) in [5.74, 6) is -1.03. The predicted molar refractivity (Wildman–Crippen MR) is 50.8 cm³/mol. The molecule has 0 fully saturated rings. The number of para-hydroxylation sites is 1. The molecule has 0 spiro atoms. The zero-order valence-corrected chi connectivity index (χ0v) is 7.86. The topological polar surface area (TPSA) is 44.6 Å². The summed E-state index contributed by atoms with van der Waals surface area (Å²) in [6.45, 7) is 0. The first-order valence-electron chi connectivity index (χ1n) is 4.52. The number of hydrogen-bond acceptors (Lipinski definition) is 2. The molecular weight excluding hydrogens is 178 g/mol. The molecule has 1 aliphatic rings. The van der Waals surface area contributed by atoms with Crippen LogP contribution in [0.25, 0.3) is 6.08 Å². The maximum atomic E-state index is 10.8. The lowest BCUT2D eigenvalue weighted by Gasteiger charge is -2.27. The number of hydrogen-bond donors (Lipinski definition) is 1. The van der Waals surface area contributed by atoms with Crippen molar-refractivity contribution in [2.75, 3.05) is 7.05 Å². The molecule has 1 N–H and O–H groups in total. The third kappa shape index (κ3) is 1.32. The van der Waals surface area contributed by atoms with Crippen molar-refractivity contribution < 1.29 is 14.8 Å². The van der Waals surface area contributed by atoms with Gasteiger partial charge in [-0.3, -0.25) is 4.90 Å². The van der Waals surface area contributed by atoms with E-state index < -0.39 is 12.0 Å². The van der Waals surface area contributed by atoms with Crippen LogP contribution in [-0.2, 0) is 4.79 Å². The van der Waals surface area contributed by atoms with E-state index in [-0.39, 0.29) is 0 Å². The van der Waals surface area contributed by atoms with Crippen LogP contribution in [0.15, 0.2) is 30.3 Å². The highest BCUT2D eigenvalue weighted by molar-refractivity contribution is 5.77. The van der Waals surface area contributed by atoms with Gasteiger partial charge in [0.1, 0.15) is 11.7 Å². The van der Waals surface area contributed by atoms with E-state index in [1.165, 1.54) is 0 Å². The second kappa shape index (κ2) is 3.27. The van der Waals surface area contributed by atoms with Crippen LogP contribution < -0.4 is 10.0 Å². The highest BCUT2D eigenvalue weighted by Gasteiger charge is 2.24. The van der Waals surface area contributed by atoms with E-state index in [4.69, 9.17) is 0 Å². The molecule has 72 valence electrons. The van der Waals surface area contributed by atoms with Crippen LogP contribution >= 0.6 is 0 Å². The molecular formula is C11H11NO2. The van der Waals surface area contributed by atoms with Crippen molar-refractivity contribution in [1.29, 1.82) is 0 Å². The number of likely N-dealkylation sites (N-methyl/N-ethyl adjacent to an activating group) is 1. The van der Waals surface area contributed by atoms with Gasteiger partial charge in [-0.15, -0.1) is 0 Å². The van der Waals surface area contributed by atoms with Crippen LogP contribution in [0.1, 0.15) is 5.56 Å². The van der Waals surface area contributed by atoms with Crippen LogP contribution in [0.3, 0.4) is 0 Å². The number of carboxylic acids is 1. The summed E-state index contributed by atoms with van der Waals surface area (Å²) in [6, 6.07) is 7.18. The standard InChI is InChI=1S/C11H11NO2/c1-12-9-5-3-2-4-8(9)6-7-10(12)11(13)14/h2-7,10H,1H3,(H,13,14). The third-order valence-corrected chi connectivity index (χ3v) is 2.57. The average molecular weight is 189 g/mol. The molecule has 0 aliphatic carbocycles. The lowest BCUT2D eigenvalue weighted by atomic mass is 10.0. The van der Waals surface area contributed by atoms with Crippen molar-refractivity contribution in [3.8, 4) is 0 Å². The Bertz CT molecular complexity index is 398. The Morgan fingerprint density at radius 2 is 2.14 bits per heavy atom. The van der Waals surface area contributed by atoms with E-state index in [0.717, 1.165) is 16.2 Å². The second-order valence-corrected chi connectivity index (χ2v) is 3.43. The molecule has 0 radical (unpaired) electrons. The molecule has 2 unspecified atom stereocenters. The molecule has 3 nitrogen and oxygen atoms in total. The van der Waals surface area contributed by atoms with Crippen LogP contribution in [-0.4, -0.2) is 19.1 Å². The summed E-state index contributed by atoms with van der Waals surface area (Å²) >= 11 is 0. The number of carbonyl (C=O) groups is 1. The summed E-state index contributed by atoms with van der Waals surface area (Å²) in [5, 5.41) is 10.8. The van der Waals surface area contributed by atoms with Crippen LogP contribution in [0.5, 0.6) is 0 Å². The summed E-state index contributed by atoms with van der Waals surface area (Å²) in [5.41, 5.74) is 2.08. The van der Waals surface area contributed by atoms with Crippen LogP contribution in [0.4, 0.5) is 5.69 Å². The highest BCUT2D eigenvalue weighted by Crippen LogP contribution is 2.16. The second-order valence-electron chi connectivity index (χ2n) is 3.43. The minimum absolute atomic E-state index is 0.579. The number of quaternary nitrogens is 1. The van der Waals surface area contributed by atoms with Gasteiger partial charge in [0, 0.05) is 5.56 Å². The van der Waals surface area contributed by atoms with Gasteiger partial charge in [0.15, 0.2) is 6.04 Å². The number of carboxylic acid groups (broad SMARTS) is 1. The largest absolute Gasteiger partial charge is 0.544 e. The molecule has 1 aromatic carbocycles. The Labute approximate surface area is 82.3 Å². The molecule has 0 saturated heterocycles. The fourth-order valence-corrected chi connectivity index (χ4v) is 1.77. The quantitative estimate of drug-likeness (QED) is 0.614. The smallest absolute Gasteiger partial charge is 0.151 e. The Kier molecular flexibility index (Phi) is 2.09. The number of aliphatic carboxylic acids is 1. The Morgan fingerprint density at radius 3 is 2.86 bits per heavy atom. The van der Waals surface area contributed by atoms with E-state index >= 15 is 0 Å². The molecule has 1 aromatic rings. The average Bonchev–Trinajstić information content (AvgIpc) is 2.18. The van der Waals surface area contributed by atoms with E-state index in [0.29, 0.717) is 0 Å². The fourth-order valence-electron chi connectivity index (χ4n) is 1.77. The van der Waals surface area contributed by atoms with Gasteiger partial charge in [0.25, 0.3) is 0 Å². The van der Waals surface area contributed by atoms with Gasteiger partial charge >= 0.3 is 0 Å². The van der Waals surface area contributed by atoms with Gasteiger partial charge in [-0.1, -0.05) is 12.1 Å². The van der Waals surface area contributed by atoms with E-state index in [9.17, 15) is 9.90 Å². The van der Waals surface area contributed by atoms with Crippen molar-refractivity contribution in [2.24, 2.45) is 0 Å². The first-order valence-corrected chi connectivity index (χ1v) is 4.52. The number of nitrogens with one attached hydrogen (secondary N) is 1. The van der Waals surface area contributed by atoms with Crippen LogP contribution in [0.2, 0.25) is 0 Å². The van der Waals surface area contributed by atoms with Gasteiger partial charge in [0.05, 0.1) is 7.05 Å². The molecule has 0 aromatic heterocycles. The van der Waals surface area contributed by atoms with Gasteiger partial charge < -0.3 is 9.90 Å². The molecule has 1 heterocycles. The molecule has 0 amide bonds. The van der Waals surface area contributed by atoms with E-state index in [2.05, 4.69) is 0 Å². The summed E-state index contributed by atoms with van der Waals surface area (Å²) < 4.78 is 0. The monoisotopic (exact) mass is 189 g/mol. The Hall–Kier alpha value is -1.61. The maximum absolute atomic E-state index is 10.8. The van der Waals surface area contributed by atoms with Crippen molar-refractivity contribution >= 4 is 17.7 Å². The molecule has 3 heteroatoms. The predicted octanol–water partition coefficient (Wildman–Crippen LogP) is -1.02.